The van der Waals surface area contributed by atoms with E-state index >= 15 is 0 Å². The first-order chi connectivity index (χ1) is 13.2. The first-order valence-corrected chi connectivity index (χ1v) is 10.1. The Morgan fingerprint density at radius 2 is 2.04 bits per heavy atom. The molecule has 0 aliphatic carbocycles. The van der Waals surface area contributed by atoms with Gasteiger partial charge in [0.2, 0.25) is 23.6 Å². The second-order valence-corrected chi connectivity index (χ2v) is 8.60. The van der Waals surface area contributed by atoms with E-state index in [1.165, 1.54) is 4.90 Å². The van der Waals surface area contributed by atoms with Crippen molar-refractivity contribution in [1.82, 2.24) is 10.2 Å². The lowest BCUT2D eigenvalue weighted by atomic mass is 9.76. The summed E-state index contributed by atoms with van der Waals surface area (Å²) in [5.74, 6) is -3.46. The Balaban J connectivity index is 1.90. The van der Waals surface area contributed by atoms with Crippen LogP contribution in [0.15, 0.2) is 22.7 Å². The highest BCUT2D eigenvalue weighted by molar-refractivity contribution is 9.10. The molecule has 5 atom stereocenters. The summed E-state index contributed by atoms with van der Waals surface area (Å²) in [7, 11) is 0. The number of likely N-dealkylation sites (tertiary alicyclic amines) is 1. The largest absolute Gasteiger partial charge is 0.370 e. The lowest BCUT2D eigenvalue weighted by Crippen LogP contribution is -2.54. The molecule has 28 heavy (non-hydrogen) atoms. The number of carbonyl (C=O) groups excluding carboxylic acids is 4. The van der Waals surface area contributed by atoms with Gasteiger partial charge in [0.25, 0.3) is 0 Å². The van der Waals surface area contributed by atoms with E-state index in [0.717, 1.165) is 4.47 Å². The predicted molar refractivity (Wildman–Crippen MR) is 104 cm³/mol. The van der Waals surface area contributed by atoms with Crippen LogP contribution in [0.1, 0.15) is 32.3 Å². The van der Waals surface area contributed by atoms with Gasteiger partial charge in [-0.05, 0) is 31.5 Å². The van der Waals surface area contributed by atoms with Gasteiger partial charge in [0.05, 0.1) is 11.8 Å². The first kappa shape index (κ1) is 19.1. The molecule has 0 bridgehead atoms. The van der Waals surface area contributed by atoms with E-state index in [9.17, 15) is 19.2 Å². The molecule has 1 spiro atoms. The van der Waals surface area contributed by atoms with Crippen molar-refractivity contribution in [2.45, 2.75) is 44.3 Å². The molecule has 3 aliphatic heterocycles. The summed E-state index contributed by atoms with van der Waals surface area (Å²) in [5, 5.41) is 5.99. The third-order valence-corrected chi connectivity index (χ3v) is 6.66. The van der Waals surface area contributed by atoms with Crippen molar-refractivity contribution in [1.29, 1.82) is 0 Å². The minimum Gasteiger partial charge on any atom is -0.370 e. The van der Waals surface area contributed by atoms with Crippen molar-refractivity contribution in [2.75, 3.05) is 5.32 Å². The lowest BCUT2D eigenvalue weighted by Gasteiger charge is -2.31. The van der Waals surface area contributed by atoms with Crippen molar-refractivity contribution in [3.8, 4) is 0 Å². The van der Waals surface area contributed by atoms with Gasteiger partial charge in [-0.3, -0.25) is 29.4 Å². The van der Waals surface area contributed by atoms with Crippen LogP contribution in [0.25, 0.3) is 0 Å². The van der Waals surface area contributed by atoms with Crippen LogP contribution in [-0.2, 0) is 24.7 Å². The van der Waals surface area contributed by atoms with Gasteiger partial charge in [-0.2, -0.15) is 0 Å². The summed E-state index contributed by atoms with van der Waals surface area (Å²) < 4.78 is 0.745. The van der Waals surface area contributed by atoms with Gasteiger partial charge < -0.3 is 11.1 Å². The third-order valence-electron chi connectivity index (χ3n) is 6.16. The van der Waals surface area contributed by atoms with E-state index in [0.29, 0.717) is 17.7 Å². The second-order valence-electron chi connectivity index (χ2n) is 7.68. The van der Waals surface area contributed by atoms with Gasteiger partial charge in [-0.25, -0.2) is 0 Å². The SMILES string of the molecule is CC[C@H](C)N1C(=O)[C@@H]2[C@H](CC(N)=O)N[C@@]3(C(=O)Nc4ccc(Br)cc43)[C@H]2C1=O. The average molecular weight is 449 g/mol. The maximum absolute atomic E-state index is 13.4. The van der Waals surface area contributed by atoms with Crippen LogP contribution in [0.5, 0.6) is 0 Å². The first-order valence-electron chi connectivity index (χ1n) is 9.26. The number of hydrogen-bond acceptors (Lipinski definition) is 5. The van der Waals surface area contributed by atoms with Crippen LogP contribution in [0.2, 0.25) is 0 Å². The number of carbonyl (C=O) groups is 4. The predicted octanol–water partition coefficient (Wildman–Crippen LogP) is 0.843. The fourth-order valence-corrected chi connectivity index (χ4v) is 5.17. The Hall–Kier alpha value is -2.26. The summed E-state index contributed by atoms with van der Waals surface area (Å²) in [5.41, 5.74) is 5.18. The minimum atomic E-state index is -1.40. The van der Waals surface area contributed by atoms with Crippen molar-refractivity contribution in [2.24, 2.45) is 17.6 Å². The fourth-order valence-electron chi connectivity index (χ4n) is 4.80. The molecule has 0 unspecified atom stereocenters. The van der Waals surface area contributed by atoms with Crippen molar-refractivity contribution in [3.63, 3.8) is 0 Å². The van der Waals surface area contributed by atoms with E-state index in [-0.39, 0.29) is 24.3 Å². The highest BCUT2D eigenvalue weighted by atomic mass is 79.9. The van der Waals surface area contributed by atoms with Crippen LogP contribution in [0.4, 0.5) is 5.69 Å². The number of nitrogens with zero attached hydrogens (tertiary/aromatic N) is 1. The second kappa shape index (κ2) is 6.38. The highest BCUT2D eigenvalue weighted by Gasteiger charge is 2.70. The Kier molecular flexibility index (Phi) is 4.35. The zero-order chi connectivity index (χ0) is 20.4. The molecule has 0 radical (unpaired) electrons. The number of rotatable bonds is 4. The summed E-state index contributed by atoms with van der Waals surface area (Å²) in [6, 6.07) is 4.33. The molecule has 9 heteroatoms. The van der Waals surface area contributed by atoms with Gasteiger partial charge >= 0.3 is 0 Å². The summed E-state index contributed by atoms with van der Waals surface area (Å²) in [6.07, 6.45) is 0.471. The number of hydrogen-bond donors (Lipinski definition) is 3. The quantitative estimate of drug-likeness (QED) is 0.589. The number of nitrogens with one attached hydrogen (secondary N) is 2. The Morgan fingerprint density at radius 3 is 2.68 bits per heavy atom. The average Bonchev–Trinajstić information content (AvgIpc) is 3.20. The molecular formula is C19H21BrN4O4. The molecule has 4 N–H and O–H groups in total. The van der Waals surface area contributed by atoms with E-state index in [2.05, 4.69) is 26.6 Å². The van der Waals surface area contributed by atoms with Crippen LogP contribution in [0, 0.1) is 11.8 Å². The Bertz CT molecular complexity index is 919. The number of anilines is 1. The van der Waals surface area contributed by atoms with Crippen LogP contribution < -0.4 is 16.4 Å². The topological polar surface area (TPSA) is 122 Å². The van der Waals surface area contributed by atoms with Crippen molar-refractivity contribution in [3.05, 3.63) is 28.2 Å². The van der Waals surface area contributed by atoms with Crippen LogP contribution in [-0.4, -0.2) is 40.6 Å². The van der Waals surface area contributed by atoms with E-state index in [1.54, 1.807) is 25.1 Å². The molecule has 0 aromatic heterocycles. The molecule has 3 heterocycles. The molecule has 3 aliphatic rings. The van der Waals surface area contributed by atoms with Gasteiger partial charge in [0.1, 0.15) is 5.54 Å². The zero-order valence-electron chi connectivity index (χ0n) is 15.5. The van der Waals surface area contributed by atoms with Gasteiger partial charge in [-0.1, -0.05) is 22.9 Å². The molecule has 1 aromatic rings. The van der Waals surface area contributed by atoms with Crippen LogP contribution in [0.3, 0.4) is 0 Å². The Morgan fingerprint density at radius 1 is 1.32 bits per heavy atom. The van der Waals surface area contributed by atoms with E-state index in [1.807, 2.05) is 6.92 Å². The minimum absolute atomic E-state index is 0.132. The van der Waals surface area contributed by atoms with Gasteiger partial charge in [-0.15, -0.1) is 0 Å². The number of nitrogens with two attached hydrogens (primary N) is 1. The summed E-state index contributed by atoms with van der Waals surface area (Å²) >= 11 is 3.41. The summed E-state index contributed by atoms with van der Waals surface area (Å²) in [6.45, 7) is 3.70. The molecule has 8 nitrogen and oxygen atoms in total. The lowest BCUT2D eigenvalue weighted by molar-refractivity contribution is -0.145. The molecule has 1 aromatic carbocycles. The number of imide groups is 1. The number of benzene rings is 1. The van der Waals surface area contributed by atoms with Crippen molar-refractivity contribution >= 4 is 45.2 Å². The normalized spacial score (nSPS) is 31.9. The van der Waals surface area contributed by atoms with E-state index in [4.69, 9.17) is 5.73 Å². The molecular weight excluding hydrogens is 428 g/mol. The van der Waals surface area contributed by atoms with Gasteiger partial charge in [0, 0.05) is 34.2 Å². The zero-order valence-corrected chi connectivity index (χ0v) is 17.1. The number of primary amides is 1. The van der Waals surface area contributed by atoms with Crippen molar-refractivity contribution < 1.29 is 19.2 Å². The molecule has 0 saturated carbocycles. The molecule has 2 fully saturated rings. The van der Waals surface area contributed by atoms with Crippen LogP contribution >= 0.6 is 15.9 Å². The maximum atomic E-state index is 13.4. The molecule has 148 valence electrons. The third kappa shape index (κ3) is 2.39. The molecule has 2 saturated heterocycles. The number of amides is 4. The summed E-state index contributed by atoms with van der Waals surface area (Å²) in [4.78, 5) is 52.6. The highest BCUT2D eigenvalue weighted by Crippen LogP contribution is 2.54. The Labute approximate surface area is 170 Å². The number of halogens is 1. The standard InChI is InChI=1S/C19H21BrN4O4/c1-3-8(2)24-16(26)14-12(7-13(21)25)23-19(15(14)17(24)27)10-6-9(20)4-5-11(10)22-18(19)28/h4-6,8,12,14-15,23H,3,7H2,1-2H3,(H2,21,25)(H,22,28)/t8-,12-,14+,15+,19+/m0/s1. The molecule has 4 rings (SSSR count). The number of fused-ring (bicyclic) bond motifs is 4. The maximum Gasteiger partial charge on any atom is 0.250 e. The smallest absolute Gasteiger partial charge is 0.250 e. The molecule has 4 amide bonds. The van der Waals surface area contributed by atoms with Gasteiger partial charge in [0.15, 0.2) is 0 Å². The fraction of sp³-hybridized carbons (Fsp3) is 0.474. The monoisotopic (exact) mass is 448 g/mol. The van der Waals surface area contributed by atoms with E-state index < -0.39 is 35.2 Å².